The van der Waals surface area contributed by atoms with Crippen LogP contribution in [0.2, 0.25) is 0 Å². The van der Waals surface area contributed by atoms with E-state index in [0.717, 1.165) is 30.6 Å². The van der Waals surface area contributed by atoms with Crippen molar-refractivity contribution in [2.24, 2.45) is 0 Å². The summed E-state index contributed by atoms with van der Waals surface area (Å²) in [5, 5.41) is 13.6. The number of aromatic carboxylic acids is 1. The molecule has 2 aromatic rings. The molecule has 2 aliphatic rings. The van der Waals surface area contributed by atoms with Crippen LogP contribution in [-0.4, -0.2) is 43.4 Å². The van der Waals surface area contributed by atoms with Crippen LogP contribution < -0.4 is 5.32 Å². The summed E-state index contributed by atoms with van der Waals surface area (Å²) in [6.45, 7) is 3.90. The van der Waals surface area contributed by atoms with E-state index in [0.29, 0.717) is 24.2 Å². The zero-order valence-electron chi connectivity index (χ0n) is 17.3. The predicted octanol–water partition coefficient (Wildman–Crippen LogP) is 4.89. The number of alkyl halides is 2. The number of likely N-dealkylation sites (tertiary alicyclic amines) is 1. The lowest BCUT2D eigenvalue weighted by molar-refractivity contribution is 0.0666. The van der Waals surface area contributed by atoms with E-state index < -0.39 is 24.3 Å². The van der Waals surface area contributed by atoms with Gasteiger partial charge in [0, 0.05) is 34.3 Å². The standard InChI is InChI=1S/C21H24F2N4O3S/c1-11-4-5-15(27(11)19(28)14-10-31-18(25-14)20(29)30)13-9-24-16(8-12(13)17(22)23)26-21(2)6-3-7-21/h8-11,15,17H,3-7H2,1-2H3,(H,24,26)(H,29,30). The molecule has 2 fully saturated rings. The van der Waals surface area contributed by atoms with Crippen LogP contribution >= 0.6 is 11.3 Å². The predicted molar refractivity (Wildman–Crippen MR) is 112 cm³/mol. The summed E-state index contributed by atoms with van der Waals surface area (Å²) in [7, 11) is 0. The molecule has 0 spiro atoms. The highest BCUT2D eigenvalue weighted by Crippen LogP contribution is 2.42. The lowest BCUT2D eigenvalue weighted by atomic mass is 9.78. The molecule has 10 heteroatoms. The van der Waals surface area contributed by atoms with Gasteiger partial charge in [0.15, 0.2) is 0 Å². The van der Waals surface area contributed by atoms with E-state index in [2.05, 4.69) is 15.3 Å². The summed E-state index contributed by atoms with van der Waals surface area (Å²) in [6.07, 6.45) is 2.93. The Labute approximate surface area is 182 Å². The molecule has 2 N–H and O–H groups in total. The van der Waals surface area contributed by atoms with Crippen LogP contribution in [0.25, 0.3) is 0 Å². The minimum atomic E-state index is -2.71. The van der Waals surface area contributed by atoms with Crippen molar-refractivity contribution in [2.45, 2.75) is 70.0 Å². The van der Waals surface area contributed by atoms with Crippen molar-refractivity contribution in [3.05, 3.63) is 39.5 Å². The van der Waals surface area contributed by atoms with Crippen molar-refractivity contribution < 1.29 is 23.5 Å². The third kappa shape index (κ3) is 4.13. The Morgan fingerprint density at radius 2 is 2.10 bits per heavy atom. The number of rotatable bonds is 6. The maximum Gasteiger partial charge on any atom is 0.365 e. The van der Waals surface area contributed by atoms with E-state index in [9.17, 15) is 18.4 Å². The van der Waals surface area contributed by atoms with Gasteiger partial charge < -0.3 is 15.3 Å². The summed E-state index contributed by atoms with van der Waals surface area (Å²) in [5.41, 5.74) is 0.0842. The molecular formula is C21H24F2N4O3S. The number of nitrogens with one attached hydrogen (secondary N) is 1. The summed E-state index contributed by atoms with van der Waals surface area (Å²) in [5.74, 6) is -1.25. The molecule has 1 aliphatic carbocycles. The van der Waals surface area contributed by atoms with Crippen molar-refractivity contribution in [1.29, 1.82) is 0 Å². The van der Waals surface area contributed by atoms with E-state index in [-0.39, 0.29) is 27.8 Å². The average Bonchev–Trinajstić information content (AvgIpc) is 3.33. The third-order valence-corrected chi connectivity index (χ3v) is 7.09. The molecule has 7 nitrogen and oxygen atoms in total. The van der Waals surface area contributed by atoms with Gasteiger partial charge in [-0.25, -0.2) is 23.5 Å². The van der Waals surface area contributed by atoms with Gasteiger partial charge in [-0.05, 0) is 52.0 Å². The lowest BCUT2D eigenvalue weighted by Gasteiger charge is -2.39. The first kappa shape index (κ1) is 21.6. The number of hydrogen-bond acceptors (Lipinski definition) is 6. The highest BCUT2D eigenvalue weighted by atomic mass is 32.1. The number of amides is 1. The van der Waals surface area contributed by atoms with Crippen molar-refractivity contribution in [1.82, 2.24) is 14.9 Å². The first-order valence-corrected chi connectivity index (χ1v) is 11.1. The summed E-state index contributed by atoms with van der Waals surface area (Å²) in [6, 6.07) is 0.632. The zero-order chi connectivity index (χ0) is 22.3. The zero-order valence-corrected chi connectivity index (χ0v) is 18.1. The number of carboxylic acids is 1. The van der Waals surface area contributed by atoms with Gasteiger partial charge in [0.1, 0.15) is 11.5 Å². The van der Waals surface area contributed by atoms with Gasteiger partial charge in [-0.2, -0.15) is 0 Å². The normalized spacial score (nSPS) is 22.4. The Morgan fingerprint density at radius 1 is 1.35 bits per heavy atom. The second-order valence-electron chi connectivity index (χ2n) is 8.54. The molecule has 0 aromatic carbocycles. The number of pyridine rings is 1. The number of hydrogen-bond donors (Lipinski definition) is 2. The van der Waals surface area contributed by atoms with E-state index in [1.807, 2.05) is 13.8 Å². The molecular weight excluding hydrogens is 426 g/mol. The lowest BCUT2D eigenvalue weighted by Crippen LogP contribution is -2.42. The Morgan fingerprint density at radius 3 is 2.68 bits per heavy atom. The number of carbonyl (C=O) groups excluding carboxylic acids is 1. The van der Waals surface area contributed by atoms with Gasteiger partial charge in [-0.15, -0.1) is 11.3 Å². The van der Waals surface area contributed by atoms with Crippen LogP contribution in [0, 0.1) is 0 Å². The van der Waals surface area contributed by atoms with E-state index >= 15 is 0 Å². The van der Waals surface area contributed by atoms with Gasteiger partial charge in [0.25, 0.3) is 12.3 Å². The smallest absolute Gasteiger partial charge is 0.365 e. The Kier molecular flexibility index (Phi) is 5.67. The largest absolute Gasteiger partial charge is 0.476 e. The molecule has 166 valence electrons. The van der Waals surface area contributed by atoms with E-state index in [4.69, 9.17) is 5.11 Å². The van der Waals surface area contributed by atoms with Gasteiger partial charge in [0.05, 0.1) is 6.04 Å². The maximum atomic E-state index is 14.0. The Balaban J connectivity index is 1.64. The van der Waals surface area contributed by atoms with Gasteiger partial charge in [0.2, 0.25) is 5.01 Å². The molecule has 2 unspecified atom stereocenters. The quantitative estimate of drug-likeness (QED) is 0.650. The fraction of sp³-hybridized carbons (Fsp3) is 0.524. The van der Waals surface area contributed by atoms with Crippen molar-refractivity contribution >= 4 is 29.0 Å². The van der Waals surface area contributed by atoms with Gasteiger partial charge >= 0.3 is 5.97 Å². The summed E-state index contributed by atoms with van der Waals surface area (Å²) >= 11 is 0.867. The van der Waals surface area contributed by atoms with Crippen LogP contribution in [0.4, 0.5) is 14.6 Å². The summed E-state index contributed by atoms with van der Waals surface area (Å²) in [4.78, 5) is 34.0. The number of aromatic nitrogens is 2. The van der Waals surface area contributed by atoms with Crippen molar-refractivity contribution in [3.63, 3.8) is 0 Å². The minimum Gasteiger partial charge on any atom is -0.476 e. The number of carbonyl (C=O) groups is 2. The van der Waals surface area contributed by atoms with E-state index in [1.54, 1.807) is 0 Å². The molecule has 1 amide bonds. The highest BCUT2D eigenvalue weighted by Gasteiger charge is 2.39. The maximum absolute atomic E-state index is 14.0. The van der Waals surface area contributed by atoms with Crippen LogP contribution in [0.5, 0.6) is 0 Å². The van der Waals surface area contributed by atoms with Crippen molar-refractivity contribution in [3.8, 4) is 0 Å². The number of carboxylic acid groups (broad SMARTS) is 1. The van der Waals surface area contributed by atoms with Gasteiger partial charge in [-0.3, -0.25) is 4.79 Å². The average molecular weight is 451 g/mol. The molecule has 31 heavy (non-hydrogen) atoms. The molecule has 3 heterocycles. The molecule has 1 saturated heterocycles. The monoisotopic (exact) mass is 450 g/mol. The Hall–Kier alpha value is -2.62. The number of halogens is 2. The van der Waals surface area contributed by atoms with Crippen LogP contribution in [0.15, 0.2) is 17.6 Å². The number of nitrogens with zero attached hydrogens (tertiary/aromatic N) is 3. The molecule has 2 aromatic heterocycles. The van der Waals surface area contributed by atoms with Gasteiger partial charge in [-0.1, -0.05) is 0 Å². The molecule has 0 bridgehead atoms. The minimum absolute atomic E-state index is 0.0175. The number of anilines is 1. The number of thiazole rings is 1. The molecule has 0 radical (unpaired) electrons. The SMILES string of the molecule is CC1CCC(c2cnc(NC3(C)CCC3)cc2C(F)F)N1C(=O)c1csc(C(=O)O)n1. The topological polar surface area (TPSA) is 95.4 Å². The molecule has 4 rings (SSSR count). The first-order chi connectivity index (χ1) is 14.7. The Bertz CT molecular complexity index is 1010. The molecule has 1 aliphatic heterocycles. The van der Waals surface area contributed by atoms with Crippen molar-refractivity contribution in [2.75, 3.05) is 5.32 Å². The van der Waals surface area contributed by atoms with E-state index in [1.165, 1.54) is 22.5 Å². The second-order valence-corrected chi connectivity index (χ2v) is 9.39. The van der Waals surface area contributed by atoms with Crippen LogP contribution in [0.1, 0.15) is 89.8 Å². The highest BCUT2D eigenvalue weighted by molar-refractivity contribution is 7.11. The molecule has 1 saturated carbocycles. The second kappa shape index (κ2) is 8.14. The summed E-state index contributed by atoms with van der Waals surface area (Å²) < 4.78 is 28.0. The fourth-order valence-electron chi connectivity index (χ4n) is 4.39. The van der Waals surface area contributed by atoms with Crippen LogP contribution in [0.3, 0.4) is 0 Å². The van der Waals surface area contributed by atoms with Crippen LogP contribution in [-0.2, 0) is 0 Å². The first-order valence-electron chi connectivity index (χ1n) is 10.3. The fourth-order valence-corrected chi connectivity index (χ4v) is 5.02. The third-order valence-electron chi connectivity index (χ3n) is 6.26. The molecule has 2 atom stereocenters.